The molecular weight excluding hydrogens is 832 g/mol. The van der Waals surface area contributed by atoms with Crippen molar-refractivity contribution in [2.24, 2.45) is 0 Å². The van der Waals surface area contributed by atoms with Gasteiger partial charge < -0.3 is 18.9 Å². The fraction of sp³-hybridized carbons (Fsp3) is 0.375. The molecule has 65 heavy (non-hydrogen) atoms. The maximum atomic E-state index is 15.4. The van der Waals surface area contributed by atoms with E-state index in [1.54, 1.807) is 52.2 Å². The van der Waals surface area contributed by atoms with Crippen LogP contribution in [0.5, 0.6) is 0 Å². The third-order valence-corrected chi connectivity index (χ3v) is 14.3. The molecule has 4 aliphatic rings. The Balaban J connectivity index is 0.975. The number of nitrogens with zero attached hydrogens (tertiary/aromatic N) is 9. The number of carbonyl (C=O) groups excluding carboxylic acids is 1. The zero-order valence-electron chi connectivity index (χ0n) is 36.3. The van der Waals surface area contributed by atoms with Crippen LogP contribution in [0.25, 0.3) is 39.0 Å². The van der Waals surface area contributed by atoms with E-state index < -0.39 is 17.3 Å². The summed E-state index contributed by atoms with van der Waals surface area (Å²) in [6.07, 6.45) is 9.72. The van der Waals surface area contributed by atoms with Crippen LogP contribution in [-0.2, 0) is 21.4 Å². The number of nitrogens with one attached hydrogen (secondary N) is 1. The van der Waals surface area contributed by atoms with Crippen LogP contribution in [0.2, 0.25) is 0 Å². The highest BCUT2D eigenvalue weighted by Gasteiger charge is 2.52. The highest BCUT2D eigenvalue weighted by Crippen LogP contribution is 2.51. The van der Waals surface area contributed by atoms with E-state index in [1.165, 1.54) is 5.56 Å². The Morgan fingerprint density at radius 2 is 1.65 bits per heavy atom. The van der Waals surface area contributed by atoms with Crippen molar-refractivity contribution in [2.75, 3.05) is 33.0 Å². The first-order valence-corrected chi connectivity index (χ1v) is 22.4. The Labute approximate surface area is 370 Å². The van der Waals surface area contributed by atoms with Crippen molar-refractivity contribution in [1.82, 2.24) is 48.3 Å². The summed E-state index contributed by atoms with van der Waals surface area (Å²) in [7, 11) is 0. The van der Waals surface area contributed by atoms with Crippen LogP contribution in [0.3, 0.4) is 0 Å². The van der Waals surface area contributed by atoms with Crippen LogP contribution < -0.4 is 11.4 Å². The lowest BCUT2D eigenvalue weighted by Gasteiger charge is -2.34. The fourth-order valence-corrected chi connectivity index (χ4v) is 10.7. The summed E-state index contributed by atoms with van der Waals surface area (Å²) in [6.45, 7) is 8.47. The van der Waals surface area contributed by atoms with E-state index >= 15 is 9.18 Å². The van der Waals surface area contributed by atoms with Gasteiger partial charge in [-0.2, -0.15) is 10.2 Å². The van der Waals surface area contributed by atoms with E-state index in [2.05, 4.69) is 33.4 Å². The number of halogens is 1. The lowest BCUT2D eigenvalue weighted by atomic mass is 9.91. The highest BCUT2D eigenvalue weighted by molar-refractivity contribution is 6.00. The van der Waals surface area contributed by atoms with Gasteiger partial charge in [0.2, 0.25) is 0 Å². The molecule has 16 nitrogen and oxygen atoms in total. The molecule has 8 aromatic rings. The Morgan fingerprint density at radius 3 is 2.38 bits per heavy atom. The average Bonchev–Trinajstić information content (AvgIpc) is 4.02. The van der Waals surface area contributed by atoms with E-state index in [0.717, 1.165) is 46.8 Å². The quantitative estimate of drug-likeness (QED) is 0.175. The van der Waals surface area contributed by atoms with Gasteiger partial charge in [0.1, 0.15) is 22.9 Å². The number of hydrogen-bond acceptors (Lipinski definition) is 9. The standard InChI is InChI=1S/C48H47FN10O6/c1-27-20-36(21-28(2)42(27)49)59-43(56-16-15-55(47(56)62)34-5-7-39-33(23-34)25-50-58(39)35-11-19-64-26-35)41-29(3)54(14-8-37(41)52-59)44(60)40-24-32-22-31(30-9-17-63-18-10-30)4-6-38(32)57(40)48(12-13-48)45-51-46(61)65-53-45/h4-7,15-16,20-25,29-30,35H,8-14,17-19,26H2,1-3H3,(H,51,53,61)/t29-,35?/m0/s1. The highest BCUT2D eigenvalue weighted by atomic mass is 19.1. The predicted octanol–water partition coefficient (Wildman–Crippen LogP) is 6.70. The summed E-state index contributed by atoms with van der Waals surface area (Å²) in [5, 5.41) is 15.8. The minimum atomic E-state index is -0.777. The van der Waals surface area contributed by atoms with Crippen LogP contribution in [0.1, 0.15) is 101 Å². The fourth-order valence-electron chi connectivity index (χ4n) is 10.7. The number of rotatable bonds is 8. The summed E-state index contributed by atoms with van der Waals surface area (Å²) in [5.41, 5.74) is 5.97. The van der Waals surface area contributed by atoms with Gasteiger partial charge in [0.25, 0.3) is 5.91 Å². The summed E-state index contributed by atoms with van der Waals surface area (Å²) in [5.74, 6) is 0.0256. The molecule has 0 bridgehead atoms. The number of aromatic nitrogens is 9. The van der Waals surface area contributed by atoms with Gasteiger partial charge in [-0.1, -0.05) is 11.2 Å². The van der Waals surface area contributed by atoms with Gasteiger partial charge in [0.05, 0.1) is 47.5 Å². The number of imidazole rings is 1. The van der Waals surface area contributed by atoms with Crippen molar-refractivity contribution < 1.29 is 23.2 Å². The molecule has 3 fully saturated rings. The molecule has 332 valence electrons. The zero-order valence-corrected chi connectivity index (χ0v) is 36.3. The van der Waals surface area contributed by atoms with Gasteiger partial charge in [-0.25, -0.2) is 18.7 Å². The van der Waals surface area contributed by atoms with Crippen LogP contribution in [0.4, 0.5) is 4.39 Å². The third kappa shape index (κ3) is 6.22. The number of hydrogen-bond donors (Lipinski definition) is 1. The Morgan fingerprint density at radius 1 is 0.877 bits per heavy atom. The molecule has 8 heterocycles. The average molecular weight is 879 g/mol. The maximum absolute atomic E-state index is 15.4. The second-order valence-corrected chi connectivity index (χ2v) is 18.1. The van der Waals surface area contributed by atoms with Crippen molar-refractivity contribution in [3.63, 3.8) is 0 Å². The molecule has 17 heteroatoms. The van der Waals surface area contributed by atoms with E-state index in [4.69, 9.17) is 19.1 Å². The van der Waals surface area contributed by atoms with Crippen molar-refractivity contribution in [3.8, 4) is 17.2 Å². The van der Waals surface area contributed by atoms with Gasteiger partial charge in [0, 0.05) is 67.0 Å². The predicted molar refractivity (Wildman–Crippen MR) is 237 cm³/mol. The molecule has 2 atom stereocenters. The molecular formula is C48H47FN10O6. The van der Waals surface area contributed by atoms with Crippen molar-refractivity contribution >= 4 is 27.7 Å². The number of amides is 1. The van der Waals surface area contributed by atoms with Gasteiger partial charge in [0.15, 0.2) is 5.82 Å². The van der Waals surface area contributed by atoms with Gasteiger partial charge in [-0.15, -0.1) is 0 Å². The van der Waals surface area contributed by atoms with Gasteiger partial charge in [-0.05, 0) is 124 Å². The van der Waals surface area contributed by atoms with E-state index in [0.29, 0.717) is 104 Å². The number of aromatic amines is 1. The Hall–Kier alpha value is -6.85. The molecule has 3 aliphatic heterocycles. The molecule has 5 aromatic heterocycles. The molecule has 1 aliphatic carbocycles. The minimum Gasteiger partial charge on any atom is -0.381 e. The van der Waals surface area contributed by atoms with Crippen LogP contribution in [0.15, 0.2) is 87.3 Å². The van der Waals surface area contributed by atoms with Gasteiger partial charge in [-0.3, -0.25) is 28.1 Å². The van der Waals surface area contributed by atoms with Crippen LogP contribution >= 0.6 is 0 Å². The first-order valence-electron chi connectivity index (χ1n) is 22.4. The number of benzene rings is 3. The molecule has 1 saturated carbocycles. The normalized spacial score (nSPS) is 19.7. The summed E-state index contributed by atoms with van der Waals surface area (Å²) >= 11 is 0. The molecule has 12 rings (SSSR count). The van der Waals surface area contributed by atoms with E-state index in [-0.39, 0.29) is 23.5 Å². The monoisotopic (exact) mass is 878 g/mol. The molecule has 1 unspecified atom stereocenters. The second kappa shape index (κ2) is 14.9. The molecule has 0 spiro atoms. The molecule has 2 saturated heterocycles. The van der Waals surface area contributed by atoms with Crippen LogP contribution in [0, 0.1) is 19.7 Å². The number of fused-ring (bicyclic) bond motifs is 3. The topological polar surface area (TPSA) is 165 Å². The smallest absolute Gasteiger partial charge is 0.381 e. The first-order chi connectivity index (χ1) is 31.6. The lowest BCUT2D eigenvalue weighted by molar-refractivity contribution is 0.0664. The Kier molecular flexibility index (Phi) is 9.07. The SMILES string of the molecule is Cc1cc(-n2nc3c(c2-n2ccn(-c4ccc5c(cnn5C5CCOC5)c4)c2=O)[C@H](C)N(C(=O)c2cc4cc(C5CCOCC5)ccc4n2C2(c4noc(=O)[nH]4)CC2)CC3)cc(C)c1F. The van der Waals surface area contributed by atoms with E-state index in [1.807, 2.05) is 51.5 Å². The lowest BCUT2D eigenvalue weighted by Crippen LogP contribution is -2.41. The summed E-state index contributed by atoms with van der Waals surface area (Å²) < 4.78 is 40.4. The van der Waals surface area contributed by atoms with Crippen molar-refractivity contribution in [3.05, 3.63) is 140 Å². The molecule has 0 radical (unpaired) electrons. The minimum absolute atomic E-state index is 0.160. The molecule has 1 amide bonds. The van der Waals surface area contributed by atoms with Crippen molar-refractivity contribution in [2.45, 2.75) is 82.8 Å². The first kappa shape index (κ1) is 39.7. The molecule has 3 aromatic carbocycles. The van der Waals surface area contributed by atoms with Gasteiger partial charge >= 0.3 is 11.4 Å². The molecule has 1 N–H and O–H groups in total. The zero-order chi connectivity index (χ0) is 44.3. The van der Waals surface area contributed by atoms with E-state index in [9.17, 15) is 9.59 Å². The third-order valence-electron chi connectivity index (χ3n) is 14.3. The number of H-pyrrole nitrogens is 1. The summed E-state index contributed by atoms with van der Waals surface area (Å²) in [6, 6.07) is 17.3. The van der Waals surface area contributed by atoms with Crippen LogP contribution in [-0.4, -0.2) is 87.2 Å². The number of carbonyl (C=O) groups is 1. The van der Waals surface area contributed by atoms with Crippen molar-refractivity contribution in [1.29, 1.82) is 0 Å². The largest absolute Gasteiger partial charge is 0.438 e. The Bertz CT molecular complexity index is 3310. The summed E-state index contributed by atoms with van der Waals surface area (Å²) in [4.78, 5) is 47.2. The number of aryl methyl sites for hydroxylation is 2. The maximum Gasteiger partial charge on any atom is 0.438 e. The second-order valence-electron chi connectivity index (χ2n) is 18.1. The number of ether oxygens (including phenoxy) is 2.